The van der Waals surface area contributed by atoms with E-state index in [4.69, 9.17) is 27.9 Å². The minimum atomic E-state index is 0.521. The first-order chi connectivity index (χ1) is 7.27. The minimum absolute atomic E-state index is 0.521. The second-order valence-electron chi connectivity index (χ2n) is 2.85. The molecule has 0 fully saturated rings. The zero-order chi connectivity index (χ0) is 11.1. The van der Waals surface area contributed by atoms with Gasteiger partial charge in [-0.3, -0.25) is 0 Å². The maximum absolute atomic E-state index is 6.00. The van der Waals surface area contributed by atoms with E-state index in [9.17, 15) is 0 Å². The number of ether oxygens (including phenoxy) is 1. The van der Waals surface area contributed by atoms with E-state index in [1.165, 1.54) is 0 Å². The van der Waals surface area contributed by atoms with Crippen LogP contribution in [0.4, 0.5) is 5.69 Å². The first-order valence-corrected chi connectivity index (χ1v) is 5.47. The van der Waals surface area contributed by atoms with Crippen molar-refractivity contribution >= 4 is 28.9 Å². The van der Waals surface area contributed by atoms with Gasteiger partial charge in [-0.1, -0.05) is 23.8 Å². The van der Waals surface area contributed by atoms with Crippen molar-refractivity contribution in [1.82, 2.24) is 0 Å². The number of nitrogens with one attached hydrogen (secondary N) is 1. The fourth-order valence-electron chi connectivity index (χ4n) is 1.08. The highest BCUT2D eigenvalue weighted by Crippen LogP contribution is 2.26. The number of rotatable bonds is 5. The number of hydrogen-bond donors (Lipinski definition) is 1. The van der Waals surface area contributed by atoms with E-state index in [1.807, 2.05) is 24.3 Å². The molecule has 0 aliphatic carbocycles. The van der Waals surface area contributed by atoms with E-state index in [0.717, 1.165) is 11.4 Å². The van der Waals surface area contributed by atoms with Crippen molar-refractivity contribution in [2.45, 2.75) is 0 Å². The Kier molecular flexibility index (Phi) is 5.37. The lowest BCUT2D eigenvalue weighted by Crippen LogP contribution is -1.99. The van der Waals surface area contributed by atoms with E-state index in [-0.39, 0.29) is 0 Å². The number of anilines is 1. The summed E-state index contributed by atoms with van der Waals surface area (Å²) in [6.07, 6.45) is 3.82. The Balaban J connectivity index is 2.62. The Labute approximate surface area is 99.8 Å². The Morgan fingerprint density at radius 1 is 1.40 bits per heavy atom. The van der Waals surface area contributed by atoms with Crippen molar-refractivity contribution in [2.24, 2.45) is 0 Å². The molecule has 1 aromatic rings. The second kappa shape index (κ2) is 6.59. The number of methoxy groups -OCH3 is 1. The van der Waals surface area contributed by atoms with Crippen LogP contribution in [-0.2, 0) is 0 Å². The van der Waals surface area contributed by atoms with Gasteiger partial charge in [0.1, 0.15) is 5.75 Å². The molecule has 0 spiro atoms. The minimum Gasteiger partial charge on any atom is -0.497 e. The molecule has 1 N–H and O–H groups in total. The van der Waals surface area contributed by atoms with Crippen molar-refractivity contribution in [3.05, 3.63) is 35.4 Å². The van der Waals surface area contributed by atoms with E-state index < -0.39 is 0 Å². The molecule has 0 saturated carbocycles. The van der Waals surface area contributed by atoms with Crippen molar-refractivity contribution in [3.8, 4) is 5.75 Å². The quantitative estimate of drug-likeness (QED) is 0.633. The van der Waals surface area contributed by atoms with Gasteiger partial charge in [-0.05, 0) is 12.1 Å². The van der Waals surface area contributed by atoms with Gasteiger partial charge in [0.15, 0.2) is 0 Å². The fourth-order valence-corrected chi connectivity index (χ4v) is 1.39. The van der Waals surface area contributed by atoms with E-state index >= 15 is 0 Å². The second-order valence-corrected chi connectivity index (χ2v) is 3.57. The molecule has 0 aliphatic heterocycles. The number of hydrogen-bond acceptors (Lipinski definition) is 2. The highest BCUT2D eigenvalue weighted by atomic mass is 35.5. The van der Waals surface area contributed by atoms with E-state index in [1.54, 1.807) is 13.2 Å². The summed E-state index contributed by atoms with van der Waals surface area (Å²) in [6, 6.07) is 5.48. The lowest BCUT2D eigenvalue weighted by molar-refractivity contribution is 0.415. The molecular weight excluding hydrogens is 233 g/mol. The molecule has 1 rings (SSSR count). The molecule has 1 aromatic carbocycles. The predicted molar refractivity (Wildman–Crippen MR) is 66.4 cm³/mol. The van der Waals surface area contributed by atoms with Crippen LogP contribution in [0, 0.1) is 0 Å². The fraction of sp³-hybridized carbons (Fsp3) is 0.273. The van der Waals surface area contributed by atoms with Crippen LogP contribution in [0.15, 0.2) is 30.4 Å². The van der Waals surface area contributed by atoms with Crippen LogP contribution >= 0.6 is 23.2 Å². The SMILES string of the molecule is COc1ccc(Cl)c(NC/C=C/CCl)c1. The van der Waals surface area contributed by atoms with Crippen LogP contribution in [-0.4, -0.2) is 19.5 Å². The monoisotopic (exact) mass is 245 g/mol. The summed E-state index contributed by atoms with van der Waals surface area (Å²) in [5.41, 5.74) is 0.857. The summed E-state index contributed by atoms with van der Waals surface area (Å²) < 4.78 is 5.10. The van der Waals surface area contributed by atoms with Crippen molar-refractivity contribution in [1.29, 1.82) is 0 Å². The standard InChI is InChI=1S/C11H13Cl2NO/c1-15-9-4-5-10(13)11(8-9)14-7-3-2-6-12/h2-5,8,14H,6-7H2,1H3/b3-2+. The molecular formula is C11H13Cl2NO. The van der Waals surface area contributed by atoms with Gasteiger partial charge in [-0.2, -0.15) is 0 Å². The topological polar surface area (TPSA) is 21.3 Å². The summed E-state index contributed by atoms with van der Waals surface area (Å²) in [7, 11) is 1.63. The number of allylic oxidation sites excluding steroid dienone is 1. The highest BCUT2D eigenvalue weighted by molar-refractivity contribution is 6.33. The largest absolute Gasteiger partial charge is 0.497 e. The third kappa shape index (κ3) is 4.02. The molecule has 82 valence electrons. The number of benzene rings is 1. The lowest BCUT2D eigenvalue weighted by Gasteiger charge is -2.07. The molecule has 0 atom stereocenters. The molecule has 4 heteroatoms. The van der Waals surface area contributed by atoms with Crippen molar-refractivity contribution in [2.75, 3.05) is 24.9 Å². The first kappa shape index (κ1) is 12.2. The van der Waals surface area contributed by atoms with Crippen LogP contribution in [0.5, 0.6) is 5.75 Å². The Morgan fingerprint density at radius 3 is 2.87 bits per heavy atom. The summed E-state index contributed by atoms with van der Waals surface area (Å²) in [4.78, 5) is 0. The zero-order valence-electron chi connectivity index (χ0n) is 8.47. The molecule has 0 aromatic heterocycles. The van der Waals surface area contributed by atoms with Crippen LogP contribution in [0.3, 0.4) is 0 Å². The van der Waals surface area contributed by atoms with Gasteiger partial charge in [-0.15, -0.1) is 11.6 Å². The smallest absolute Gasteiger partial charge is 0.121 e. The molecule has 0 unspecified atom stereocenters. The molecule has 0 saturated heterocycles. The molecule has 0 radical (unpaired) electrons. The molecule has 0 heterocycles. The van der Waals surface area contributed by atoms with Gasteiger partial charge in [0.05, 0.1) is 17.8 Å². The van der Waals surface area contributed by atoms with Crippen LogP contribution in [0.2, 0.25) is 5.02 Å². The lowest BCUT2D eigenvalue weighted by atomic mass is 10.3. The van der Waals surface area contributed by atoms with Gasteiger partial charge >= 0.3 is 0 Å². The number of halogens is 2. The third-order valence-corrected chi connectivity index (χ3v) is 2.35. The van der Waals surface area contributed by atoms with Gasteiger partial charge in [0, 0.05) is 18.5 Å². The van der Waals surface area contributed by atoms with Crippen molar-refractivity contribution < 1.29 is 4.74 Å². The summed E-state index contributed by atoms with van der Waals surface area (Å²) in [6.45, 7) is 0.694. The van der Waals surface area contributed by atoms with E-state index in [0.29, 0.717) is 17.4 Å². The van der Waals surface area contributed by atoms with Crippen molar-refractivity contribution in [3.63, 3.8) is 0 Å². The number of alkyl halides is 1. The predicted octanol–water partition coefficient (Wildman–Crippen LogP) is 3.56. The maximum atomic E-state index is 6.00. The highest BCUT2D eigenvalue weighted by Gasteiger charge is 2.00. The molecule has 0 amide bonds. The molecule has 15 heavy (non-hydrogen) atoms. The van der Waals surface area contributed by atoms with Gasteiger partial charge in [-0.25, -0.2) is 0 Å². The van der Waals surface area contributed by atoms with Gasteiger partial charge in [0.2, 0.25) is 0 Å². The summed E-state index contributed by atoms with van der Waals surface area (Å²) in [5.74, 6) is 1.30. The van der Waals surface area contributed by atoms with Crippen LogP contribution in [0.1, 0.15) is 0 Å². The van der Waals surface area contributed by atoms with Gasteiger partial charge < -0.3 is 10.1 Å². The first-order valence-electron chi connectivity index (χ1n) is 4.56. The summed E-state index contributed by atoms with van der Waals surface area (Å²) >= 11 is 11.5. The van der Waals surface area contributed by atoms with Crippen LogP contribution in [0.25, 0.3) is 0 Å². The third-order valence-electron chi connectivity index (χ3n) is 1.84. The molecule has 0 aliphatic rings. The Hall–Kier alpha value is -0.860. The van der Waals surface area contributed by atoms with Gasteiger partial charge in [0.25, 0.3) is 0 Å². The average molecular weight is 246 g/mol. The summed E-state index contributed by atoms with van der Waals surface area (Å²) in [5, 5.41) is 3.84. The van der Waals surface area contributed by atoms with E-state index in [2.05, 4.69) is 5.32 Å². The zero-order valence-corrected chi connectivity index (χ0v) is 9.98. The average Bonchev–Trinajstić information content (AvgIpc) is 2.26. The normalized spacial score (nSPS) is 10.6. The maximum Gasteiger partial charge on any atom is 0.121 e. The van der Waals surface area contributed by atoms with Crippen LogP contribution < -0.4 is 10.1 Å². The molecule has 2 nitrogen and oxygen atoms in total. The Bertz CT molecular complexity index is 339. The Morgan fingerprint density at radius 2 is 2.20 bits per heavy atom. The molecule has 0 bridgehead atoms.